The van der Waals surface area contributed by atoms with Gasteiger partial charge in [0, 0.05) is 11.1 Å². The molecule has 0 aliphatic rings. The Morgan fingerprint density at radius 3 is 1.62 bits per heavy atom. The Balaban J connectivity index is 3.95. The SMILES string of the molecule is O=C(O)C(C(=O)C(O)CO)=C(C(=O)C(O)CO)c1ccccc1C(=O)C(O)CO. The number of ketones is 3. The summed E-state index contributed by atoms with van der Waals surface area (Å²) < 4.78 is 0. The zero-order valence-electron chi connectivity index (χ0n) is 14.9. The van der Waals surface area contributed by atoms with Crippen molar-refractivity contribution in [2.75, 3.05) is 19.8 Å². The fraction of sp³-hybridized carbons (Fsp3) is 0.333. The van der Waals surface area contributed by atoms with Crippen LogP contribution >= 0.6 is 0 Å². The second-order valence-electron chi connectivity index (χ2n) is 5.79. The smallest absolute Gasteiger partial charge is 0.340 e. The molecule has 0 amide bonds. The van der Waals surface area contributed by atoms with Gasteiger partial charge in [-0.2, -0.15) is 0 Å². The molecule has 0 aliphatic heterocycles. The van der Waals surface area contributed by atoms with Gasteiger partial charge in [0.15, 0.2) is 11.6 Å². The van der Waals surface area contributed by atoms with Crippen molar-refractivity contribution in [3.8, 4) is 0 Å². The third-order valence-electron chi connectivity index (χ3n) is 3.85. The number of carboxylic acids is 1. The number of aliphatic hydroxyl groups is 6. The van der Waals surface area contributed by atoms with Crippen LogP contribution in [-0.4, -0.2) is 97.2 Å². The van der Waals surface area contributed by atoms with E-state index >= 15 is 0 Å². The second-order valence-corrected chi connectivity index (χ2v) is 5.79. The number of rotatable bonds is 11. The molecule has 1 rings (SSSR count). The quantitative estimate of drug-likeness (QED) is 0.0837. The minimum atomic E-state index is -2.22. The molecule has 29 heavy (non-hydrogen) atoms. The van der Waals surface area contributed by atoms with E-state index < -0.39 is 83.7 Å². The number of carbonyl (C=O) groups excluding carboxylic acids is 3. The molecule has 7 N–H and O–H groups in total. The lowest BCUT2D eigenvalue weighted by molar-refractivity contribution is -0.137. The molecule has 0 spiro atoms. The summed E-state index contributed by atoms with van der Waals surface area (Å²) in [7, 11) is 0. The third-order valence-corrected chi connectivity index (χ3v) is 3.85. The van der Waals surface area contributed by atoms with Crippen molar-refractivity contribution in [3.63, 3.8) is 0 Å². The summed E-state index contributed by atoms with van der Waals surface area (Å²) in [5.74, 6) is -6.17. The zero-order valence-corrected chi connectivity index (χ0v) is 14.9. The van der Waals surface area contributed by atoms with E-state index in [0.29, 0.717) is 0 Å². The van der Waals surface area contributed by atoms with Crippen LogP contribution in [0.25, 0.3) is 5.57 Å². The average Bonchev–Trinajstić information content (AvgIpc) is 2.73. The predicted octanol–water partition coefficient (Wildman–Crippen LogP) is -3.09. The molecule has 0 radical (unpaired) electrons. The Hall–Kier alpha value is -2.80. The van der Waals surface area contributed by atoms with Crippen LogP contribution in [0.2, 0.25) is 0 Å². The Bertz CT molecular complexity index is 827. The summed E-state index contributed by atoms with van der Waals surface area (Å²) in [5, 5.41) is 65.4. The molecule has 3 atom stereocenters. The first kappa shape index (κ1) is 24.2. The zero-order chi connectivity index (χ0) is 22.3. The number of carbonyl (C=O) groups is 4. The highest BCUT2D eigenvalue weighted by Crippen LogP contribution is 2.27. The number of carboxylic acid groups (broad SMARTS) is 1. The van der Waals surface area contributed by atoms with Crippen LogP contribution in [0.1, 0.15) is 15.9 Å². The van der Waals surface area contributed by atoms with Crippen molar-refractivity contribution in [1.29, 1.82) is 0 Å². The highest BCUT2D eigenvalue weighted by atomic mass is 16.4. The summed E-state index contributed by atoms with van der Waals surface area (Å²) in [6.07, 6.45) is -6.33. The van der Waals surface area contributed by atoms with Crippen LogP contribution in [0, 0.1) is 0 Å². The average molecular weight is 412 g/mol. The largest absolute Gasteiger partial charge is 0.478 e. The number of hydrogen-bond acceptors (Lipinski definition) is 10. The van der Waals surface area contributed by atoms with Crippen LogP contribution in [0.3, 0.4) is 0 Å². The maximum absolute atomic E-state index is 12.6. The standard InChI is InChI=1S/C18H20O11/c19-5-10(22)15(25)9-4-2-1-3-8(9)13(16(26)11(23)6-20)14(18(28)29)17(27)12(24)7-21/h1-4,10-12,19-24H,5-7H2,(H,28,29). The van der Waals surface area contributed by atoms with Crippen molar-refractivity contribution in [2.24, 2.45) is 0 Å². The lowest BCUT2D eigenvalue weighted by atomic mass is 9.86. The summed E-state index contributed by atoms with van der Waals surface area (Å²) in [4.78, 5) is 49.0. The van der Waals surface area contributed by atoms with E-state index in [9.17, 15) is 39.6 Å². The molecule has 1 aromatic carbocycles. The Morgan fingerprint density at radius 1 is 0.724 bits per heavy atom. The number of Topliss-reactive ketones (excluding diaryl/α,β-unsaturated/α-hetero) is 3. The maximum Gasteiger partial charge on any atom is 0.340 e. The molecule has 0 saturated carbocycles. The monoisotopic (exact) mass is 412 g/mol. The van der Waals surface area contributed by atoms with Gasteiger partial charge in [-0.1, -0.05) is 24.3 Å². The molecule has 11 nitrogen and oxygen atoms in total. The number of aliphatic hydroxyl groups excluding tert-OH is 6. The van der Waals surface area contributed by atoms with Crippen LogP contribution in [0.15, 0.2) is 29.8 Å². The lowest BCUT2D eigenvalue weighted by Crippen LogP contribution is -2.34. The molecule has 1 aromatic rings. The normalized spacial score (nSPS) is 15.1. The maximum atomic E-state index is 12.6. The van der Waals surface area contributed by atoms with Crippen LogP contribution in [-0.2, 0) is 14.4 Å². The van der Waals surface area contributed by atoms with E-state index in [1.807, 2.05) is 0 Å². The van der Waals surface area contributed by atoms with Crippen molar-refractivity contribution in [3.05, 3.63) is 41.0 Å². The molecule has 3 unspecified atom stereocenters. The second kappa shape index (κ2) is 10.7. The highest BCUT2D eigenvalue weighted by molar-refractivity contribution is 6.37. The topological polar surface area (TPSA) is 210 Å². The summed E-state index contributed by atoms with van der Waals surface area (Å²) in [6, 6.07) is 4.65. The van der Waals surface area contributed by atoms with Gasteiger partial charge in [0.05, 0.1) is 19.8 Å². The number of benzene rings is 1. The molecule has 0 saturated heterocycles. The first-order valence-corrected chi connectivity index (χ1v) is 8.18. The van der Waals surface area contributed by atoms with Gasteiger partial charge < -0.3 is 35.7 Å². The summed E-state index contributed by atoms with van der Waals surface area (Å²) >= 11 is 0. The van der Waals surface area contributed by atoms with Gasteiger partial charge in [-0.15, -0.1) is 0 Å². The van der Waals surface area contributed by atoms with Gasteiger partial charge >= 0.3 is 5.97 Å². The third kappa shape index (κ3) is 5.38. The lowest BCUT2D eigenvalue weighted by Gasteiger charge is -2.18. The molecule has 0 heterocycles. The van der Waals surface area contributed by atoms with E-state index in [2.05, 4.69) is 0 Å². The summed E-state index contributed by atoms with van der Waals surface area (Å²) in [6.45, 7) is -3.32. The van der Waals surface area contributed by atoms with Crippen molar-refractivity contribution < 1.29 is 54.9 Å². The van der Waals surface area contributed by atoms with Crippen LogP contribution < -0.4 is 0 Å². The molecule has 0 aromatic heterocycles. The van der Waals surface area contributed by atoms with Crippen LogP contribution in [0.5, 0.6) is 0 Å². The molecule has 0 fully saturated rings. The van der Waals surface area contributed by atoms with Gasteiger partial charge in [-0.3, -0.25) is 14.4 Å². The van der Waals surface area contributed by atoms with Crippen LogP contribution in [0.4, 0.5) is 0 Å². The Kier molecular flexibility index (Phi) is 8.91. The van der Waals surface area contributed by atoms with Gasteiger partial charge in [0.25, 0.3) is 0 Å². The minimum absolute atomic E-state index is 0.465. The molecule has 0 bridgehead atoms. The fourth-order valence-electron chi connectivity index (χ4n) is 2.40. The van der Waals surface area contributed by atoms with Crippen molar-refractivity contribution in [2.45, 2.75) is 18.3 Å². The van der Waals surface area contributed by atoms with Gasteiger partial charge in [0.2, 0.25) is 5.78 Å². The number of aliphatic carboxylic acids is 1. The molecule has 158 valence electrons. The van der Waals surface area contributed by atoms with Crippen molar-refractivity contribution in [1.82, 2.24) is 0 Å². The molecular formula is C18H20O11. The fourth-order valence-corrected chi connectivity index (χ4v) is 2.40. The Labute approximate surface area is 163 Å². The highest BCUT2D eigenvalue weighted by Gasteiger charge is 2.35. The van der Waals surface area contributed by atoms with Crippen molar-refractivity contribution >= 4 is 28.9 Å². The minimum Gasteiger partial charge on any atom is -0.478 e. The number of hydrogen-bond donors (Lipinski definition) is 7. The molecule has 0 aliphatic carbocycles. The van der Waals surface area contributed by atoms with Gasteiger partial charge in [0.1, 0.15) is 23.9 Å². The van der Waals surface area contributed by atoms with Gasteiger partial charge in [-0.05, 0) is 5.56 Å². The Morgan fingerprint density at radius 2 is 1.17 bits per heavy atom. The van der Waals surface area contributed by atoms with E-state index in [-0.39, 0.29) is 0 Å². The molecular weight excluding hydrogens is 392 g/mol. The van der Waals surface area contributed by atoms with E-state index in [1.54, 1.807) is 0 Å². The van der Waals surface area contributed by atoms with E-state index in [1.165, 1.54) is 12.1 Å². The van der Waals surface area contributed by atoms with E-state index in [4.69, 9.17) is 15.3 Å². The first-order valence-electron chi connectivity index (χ1n) is 8.18. The van der Waals surface area contributed by atoms with E-state index in [0.717, 1.165) is 12.1 Å². The molecule has 11 heteroatoms. The summed E-state index contributed by atoms with van der Waals surface area (Å²) in [5.41, 5.74) is -3.33. The first-order chi connectivity index (χ1) is 13.6. The van der Waals surface area contributed by atoms with Gasteiger partial charge in [-0.25, -0.2) is 4.79 Å². The predicted molar refractivity (Wildman–Crippen MR) is 94.6 cm³/mol.